The Morgan fingerprint density at radius 3 is 2.81 bits per heavy atom. The van der Waals surface area contributed by atoms with Crippen LogP contribution < -0.4 is 10.3 Å². The lowest BCUT2D eigenvalue weighted by molar-refractivity contribution is -0.137. The quantitative estimate of drug-likeness (QED) is 0.483. The van der Waals surface area contributed by atoms with Crippen molar-refractivity contribution in [3.05, 3.63) is 67.6 Å². The number of fused-ring (bicyclic) bond motifs is 1. The van der Waals surface area contributed by atoms with E-state index in [1.54, 1.807) is 42.2 Å². The number of ether oxygens (including phenoxy) is 2. The van der Waals surface area contributed by atoms with Crippen LogP contribution in [0, 0.1) is 6.92 Å². The molecule has 0 spiro atoms. The van der Waals surface area contributed by atoms with Gasteiger partial charge in [0.15, 0.2) is 6.61 Å². The van der Waals surface area contributed by atoms with E-state index in [4.69, 9.17) is 21.1 Å². The van der Waals surface area contributed by atoms with Gasteiger partial charge in [-0.3, -0.25) is 9.59 Å². The third kappa shape index (κ3) is 5.01. The van der Waals surface area contributed by atoms with E-state index < -0.39 is 0 Å². The maximum absolute atomic E-state index is 12.8. The fourth-order valence-corrected chi connectivity index (χ4v) is 3.88. The lowest BCUT2D eigenvalue weighted by Gasteiger charge is -2.26. The van der Waals surface area contributed by atoms with Crippen LogP contribution in [0.2, 0.25) is 5.02 Å². The number of nitrogens with zero attached hydrogens (tertiary/aromatic N) is 4. The monoisotopic (exact) mass is 518 g/mol. The lowest BCUT2D eigenvalue weighted by Crippen LogP contribution is -2.43. The van der Waals surface area contributed by atoms with Gasteiger partial charge in [0.25, 0.3) is 11.5 Å². The van der Waals surface area contributed by atoms with Crippen LogP contribution >= 0.6 is 27.5 Å². The molecule has 1 amide bonds. The number of halogens is 2. The van der Waals surface area contributed by atoms with E-state index in [2.05, 4.69) is 26.0 Å². The highest BCUT2D eigenvalue weighted by Gasteiger charge is 2.17. The van der Waals surface area contributed by atoms with Crippen molar-refractivity contribution in [3.8, 4) is 5.75 Å². The van der Waals surface area contributed by atoms with Crippen LogP contribution in [0.5, 0.6) is 5.75 Å². The van der Waals surface area contributed by atoms with Gasteiger partial charge in [-0.2, -0.15) is 9.78 Å². The first-order valence-corrected chi connectivity index (χ1v) is 11.1. The van der Waals surface area contributed by atoms with Gasteiger partial charge in [-0.1, -0.05) is 27.5 Å². The zero-order valence-electron chi connectivity index (χ0n) is 17.3. The van der Waals surface area contributed by atoms with Crippen LogP contribution in [-0.4, -0.2) is 59.6 Å². The van der Waals surface area contributed by atoms with E-state index in [1.807, 2.05) is 6.07 Å². The lowest BCUT2D eigenvalue weighted by atomic mass is 10.2. The molecule has 0 saturated carbocycles. The van der Waals surface area contributed by atoms with Crippen LogP contribution in [0.3, 0.4) is 0 Å². The molecule has 0 radical (unpaired) electrons. The minimum absolute atomic E-state index is 0.0972. The third-order valence-corrected chi connectivity index (χ3v) is 5.75. The van der Waals surface area contributed by atoms with Crippen molar-refractivity contribution in [1.29, 1.82) is 0 Å². The molecule has 1 saturated heterocycles. The molecule has 3 aromatic rings. The molecule has 4 rings (SSSR count). The van der Waals surface area contributed by atoms with Gasteiger partial charge in [0, 0.05) is 17.6 Å². The Kier molecular flexibility index (Phi) is 6.88. The Morgan fingerprint density at radius 1 is 1.28 bits per heavy atom. The summed E-state index contributed by atoms with van der Waals surface area (Å²) in [5.41, 5.74) is 1.01. The van der Waals surface area contributed by atoms with Crippen molar-refractivity contribution in [3.63, 3.8) is 0 Å². The van der Waals surface area contributed by atoms with Gasteiger partial charge in [0.05, 0.1) is 35.4 Å². The number of benzene rings is 2. The number of carbonyl (C=O) groups excluding carboxylic acids is 1. The molecule has 8 nitrogen and oxygen atoms in total. The second-order valence-corrected chi connectivity index (χ2v) is 8.48. The van der Waals surface area contributed by atoms with Crippen LogP contribution in [0.1, 0.15) is 11.4 Å². The summed E-state index contributed by atoms with van der Waals surface area (Å²) < 4.78 is 12.9. The molecule has 0 N–H and O–H groups in total. The summed E-state index contributed by atoms with van der Waals surface area (Å²) in [6, 6.07) is 10.4. The summed E-state index contributed by atoms with van der Waals surface area (Å²) in [5, 5.41) is 5.10. The van der Waals surface area contributed by atoms with Crippen LogP contribution in [0.15, 0.2) is 50.8 Å². The van der Waals surface area contributed by atoms with Crippen LogP contribution in [0.25, 0.3) is 10.9 Å². The molecule has 0 unspecified atom stereocenters. The topological polar surface area (TPSA) is 86.0 Å². The number of aromatic nitrogens is 2. The summed E-state index contributed by atoms with van der Waals surface area (Å²) in [5.74, 6) is 0.755. The Hall–Kier alpha value is -2.75. The number of hydrogen-bond donors (Lipinski definition) is 0. The SMILES string of the molecule is Cc1nc2ccc(Br)cc2c(=O)n1N=Cc1ccc(OCC(=O)N2CCOCC2)c(Cl)c1. The predicted molar refractivity (Wildman–Crippen MR) is 126 cm³/mol. The van der Waals surface area contributed by atoms with Crippen LogP contribution in [0.4, 0.5) is 0 Å². The summed E-state index contributed by atoms with van der Waals surface area (Å²) in [6.07, 6.45) is 1.52. The van der Waals surface area contributed by atoms with Gasteiger partial charge in [-0.05, 0) is 48.9 Å². The molecule has 166 valence electrons. The molecule has 1 aromatic heterocycles. The van der Waals surface area contributed by atoms with Crippen molar-refractivity contribution < 1.29 is 14.3 Å². The number of morpholine rings is 1. The fraction of sp³-hybridized carbons (Fsp3) is 0.273. The summed E-state index contributed by atoms with van der Waals surface area (Å²) in [4.78, 5) is 31.2. The molecule has 1 aliphatic rings. The molecular formula is C22H20BrClN4O4. The second kappa shape index (κ2) is 9.81. The summed E-state index contributed by atoms with van der Waals surface area (Å²) >= 11 is 9.69. The van der Waals surface area contributed by atoms with Crippen molar-refractivity contribution in [1.82, 2.24) is 14.6 Å². The van der Waals surface area contributed by atoms with Gasteiger partial charge in [0.1, 0.15) is 11.6 Å². The molecule has 32 heavy (non-hydrogen) atoms. The van der Waals surface area contributed by atoms with E-state index in [9.17, 15) is 9.59 Å². The Balaban J connectivity index is 1.49. The second-order valence-electron chi connectivity index (χ2n) is 7.15. The first-order valence-electron chi connectivity index (χ1n) is 9.93. The minimum Gasteiger partial charge on any atom is -0.482 e. The maximum atomic E-state index is 12.8. The van der Waals surface area contributed by atoms with E-state index in [-0.39, 0.29) is 18.1 Å². The van der Waals surface area contributed by atoms with E-state index in [0.717, 1.165) is 4.47 Å². The van der Waals surface area contributed by atoms with Gasteiger partial charge >= 0.3 is 0 Å². The highest BCUT2D eigenvalue weighted by molar-refractivity contribution is 9.10. The zero-order valence-corrected chi connectivity index (χ0v) is 19.6. The smallest absolute Gasteiger partial charge is 0.282 e. The van der Waals surface area contributed by atoms with Crippen molar-refractivity contribution >= 4 is 50.6 Å². The van der Waals surface area contributed by atoms with E-state index in [1.165, 1.54) is 10.9 Å². The van der Waals surface area contributed by atoms with Crippen molar-refractivity contribution in [2.45, 2.75) is 6.92 Å². The van der Waals surface area contributed by atoms with Gasteiger partial charge < -0.3 is 14.4 Å². The van der Waals surface area contributed by atoms with Gasteiger partial charge in [0.2, 0.25) is 0 Å². The molecule has 0 atom stereocenters. The Bertz CT molecular complexity index is 1250. The molecule has 1 fully saturated rings. The maximum Gasteiger partial charge on any atom is 0.282 e. The summed E-state index contributed by atoms with van der Waals surface area (Å²) in [6.45, 7) is 3.81. The van der Waals surface area contributed by atoms with Crippen LogP contribution in [-0.2, 0) is 9.53 Å². The highest BCUT2D eigenvalue weighted by atomic mass is 79.9. The largest absolute Gasteiger partial charge is 0.482 e. The summed E-state index contributed by atoms with van der Waals surface area (Å²) in [7, 11) is 0. The predicted octanol–water partition coefficient (Wildman–Crippen LogP) is 3.24. The van der Waals surface area contributed by atoms with Crippen molar-refractivity contribution in [2.24, 2.45) is 5.10 Å². The number of amides is 1. The molecular weight excluding hydrogens is 500 g/mol. The standard InChI is InChI=1S/C22H20BrClN4O4/c1-14-26-19-4-3-16(23)11-17(19)22(30)28(14)25-12-15-2-5-20(18(24)10-15)32-13-21(29)27-6-8-31-9-7-27/h2-5,10-12H,6-9,13H2,1H3. The number of rotatable bonds is 5. The first kappa shape index (κ1) is 22.4. The molecule has 0 bridgehead atoms. The number of carbonyl (C=O) groups is 1. The highest BCUT2D eigenvalue weighted by Crippen LogP contribution is 2.25. The molecule has 10 heteroatoms. The average Bonchev–Trinajstić information content (AvgIpc) is 2.79. The molecule has 1 aliphatic heterocycles. The minimum atomic E-state index is -0.266. The first-order chi connectivity index (χ1) is 15.4. The Morgan fingerprint density at radius 2 is 2.06 bits per heavy atom. The van der Waals surface area contributed by atoms with E-state index >= 15 is 0 Å². The van der Waals surface area contributed by atoms with Crippen molar-refractivity contribution in [2.75, 3.05) is 32.9 Å². The van der Waals surface area contributed by atoms with Gasteiger partial charge in [-0.25, -0.2) is 4.98 Å². The van der Waals surface area contributed by atoms with E-state index in [0.29, 0.717) is 59.4 Å². The Labute approximate surface area is 197 Å². The fourth-order valence-electron chi connectivity index (χ4n) is 3.28. The zero-order chi connectivity index (χ0) is 22.7. The average molecular weight is 520 g/mol. The molecule has 2 aromatic carbocycles. The number of aryl methyl sites for hydroxylation is 1. The molecule has 0 aliphatic carbocycles. The third-order valence-electron chi connectivity index (χ3n) is 4.96. The normalized spacial score (nSPS) is 14.3. The van der Waals surface area contributed by atoms with Gasteiger partial charge in [-0.15, -0.1) is 0 Å². The molecule has 2 heterocycles. The number of hydrogen-bond acceptors (Lipinski definition) is 6.